The quantitative estimate of drug-likeness (QED) is 0.481. The molecule has 2 bridgehead atoms. The Hall–Kier alpha value is -3.39. The van der Waals surface area contributed by atoms with Crippen molar-refractivity contribution in [1.82, 2.24) is 9.47 Å². The maximum absolute atomic E-state index is 12.7. The van der Waals surface area contributed by atoms with Crippen LogP contribution in [0.5, 0.6) is 5.75 Å². The summed E-state index contributed by atoms with van der Waals surface area (Å²) in [6, 6.07) is 8.75. The highest BCUT2D eigenvalue weighted by Gasteiger charge is 2.35. The van der Waals surface area contributed by atoms with E-state index < -0.39 is 11.6 Å². The summed E-state index contributed by atoms with van der Waals surface area (Å²) in [7, 11) is 1.28. The number of carbonyl (C=O) groups is 1. The Bertz CT molecular complexity index is 1370. The molecule has 0 aliphatic carbocycles. The van der Waals surface area contributed by atoms with Crippen molar-refractivity contribution >= 4 is 16.9 Å². The summed E-state index contributed by atoms with van der Waals surface area (Å²) in [6.07, 6.45) is 0.873. The van der Waals surface area contributed by atoms with E-state index in [9.17, 15) is 19.5 Å². The number of likely N-dealkylation sites (tertiary alicyclic amines) is 1. The van der Waals surface area contributed by atoms with Gasteiger partial charge in [0.25, 0.3) is 5.56 Å². The van der Waals surface area contributed by atoms with E-state index in [4.69, 9.17) is 9.15 Å². The first-order chi connectivity index (χ1) is 15.9. The van der Waals surface area contributed by atoms with Gasteiger partial charge in [-0.05, 0) is 43.0 Å². The zero-order valence-electron chi connectivity index (χ0n) is 18.7. The first kappa shape index (κ1) is 21.5. The van der Waals surface area contributed by atoms with E-state index in [0.717, 1.165) is 25.2 Å². The second-order valence-electron chi connectivity index (χ2n) is 9.08. The van der Waals surface area contributed by atoms with Gasteiger partial charge in [0.2, 0.25) is 0 Å². The van der Waals surface area contributed by atoms with Crippen LogP contribution in [0, 0.1) is 12.8 Å². The van der Waals surface area contributed by atoms with Gasteiger partial charge < -0.3 is 18.8 Å². The van der Waals surface area contributed by atoms with E-state index in [2.05, 4.69) is 4.90 Å². The van der Waals surface area contributed by atoms with Crippen LogP contribution in [0.15, 0.2) is 44.3 Å². The van der Waals surface area contributed by atoms with Crippen LogP contribution in [-0.2, 0) is 29.0 Å². The van der Waals surface area contributed by atoms with E-state index in [1.165, 1.54) is 7.11 Å². The largest absolute Gasteiger partial charge is 0.507 e. The molecule has 2 aliphatic heterocycles. The number of ether oxygens (including phenoxy) is 1. The minimum Gasteiger partial charge on any atom is -0.507 e. The summed E-state index contributed by atoms with van der Waals surface area (Å²) in [5.41, 5.74) is 2.32. The van der Waals surface area contributed by atoms with Crippen LogP contribution >= 0.6 is 0 Å². The van der Waals surface area contributed by atoms with Gasteiger partial charge in [-0.2, -0.15) is 0 Å². The van der Waals surface area contributed by atoms with E-state index in [0.29, 0.717) is 41.1 Å². The molecule has 8 heteroatoms. The van der Waals surface area contributed by atoms with Crippen molar-refractivity contribution in [2.75, 3.05) is 20.2 Å². The average Bonchev–Trinajstić information content (AvgIpc) is 2.79. The Balaban J connectivity index is 1.50. The monoisotopic (exact) mass is 450 g/mol. The predicted molar refractivity (Wildman–Crippen MR) is 121 cm³/mol. The van der Waals surface area contributed by atoms with Crippen molar-refractivity contribution in [1.29, 1.82) is 0 Å². The maximum atomic E-state index is 12.7. The summed E-state index contributed by atoms with van der Waals surface area (Å²) in [6.45, 7) is 4.43. The number of hydrogen-bond donors (Lipinski definition) is 1. The standard InChI is InChI=1S/C25H26N2O6/c1-14-17-6-7-21(28)19(24(17)33-25(31)18(14)9-23(30)32-2)13-26-10-15-8-16(12-26)20-4-3-5-22(29)27(20)11-15/h3-7,15-16,28H,8-13H2,1-2H3. The molecule has 1 saturated heterocycles. The van der Waals surface area contributed by atoms with Crippen molar-refractivity contribution in [2.24, 2.45) is 5.92 Å². The fraction of sp³-hybridized carbons (Fsp3) is 0.400. The minimum atomic E-state index is -0.596. The number of carbonyl (C=O) groups excluding carboxylic acids is 1. The van der Waals surface area contributed by atoms with Crippen molar-refractivity contribution < 1.29 is 19.1 Å². The van der Waals surface area contributed by atoms with Crippen LogP contribution in [0.2, 0.25) is 0 Å². The summed E-state index contributed by atoms with van der Waals surface area (Å²) < 4.78 is 12.2. The third kappa shape index (κ3) is 3.74. The van der Waals surface area contributed by atoms with Gasteiger partial charge in [-0.3, -0.25) is 14.5 Å². The number of methoxy groups -OCH3 is 1. The Morgan fingerprint density at radius 2 is 1.97 bits per heavy atom. The minimum absolute atomic E-state index is 0.0438. The Kier molecular flexibility index (Phi) is 5.32. The van der Waals surface area contributed by atoms with Gasteiger partial charge >= 0.3 is 11.6 Å². The second-order valence-corrected chi connectivity index (χ2v) is 9.08. The highest BCUT2D eigenvalue weighted by Crippen LogP contribution is 2.37. The molecule has 0 amide bonds. The number of nitrogens with zero attached hydrogens (tertiary/aromatic N) is 2. The van der Waals surface area contributed by atoms with Crippen molar-refractivity contribution in [3.63, 3.8) is 0 Å². The number of aromatic hydroxyl groups is 1. The first-order valence-corrected chi connectivity index (χ1v) is 11.1. The molecule has 0 radical (unpaired) electrons. The zero-order chi connectivity index (χ0) is 23.3. The number of pyridine rings is 1. The molecule has 33 heavy (non-hydrogen) atoms. The van der Waals surface area contributed by atoms with E-state index in [-0.39, 0.29) is 29.2 Å². The smallest absolute Gasteiger partial charge is 0.340 e. The fourth-order valence-corrected chi connectivity index (χ4v) is 5.42. The average molecular weight is 450 g/mol. The number of esters is 1. The number of aromatic nitrogens is 1. The third-order valence-corrected chi connectivity index (χ3v) is 7.02. The lowest BCUT2D eigenvalue weighted by Gasteiger charge is -2.42. The van der Waals surface area contributed by atoms with Crippen LogP contribution < -0.4 is 11.2 Å². The molecule has 0 spiro atoms. The van der Waals surface area contributed by atoms with Crippen LogP contribution in [0.25, 0.3) is 11.0 Å². The van der Waals surface area contributed by atoms with Gasteiger partial charge in [0, 0.05) is 49.2 Å². The Labute approximate surface area is 190 Å². The molecule has 172 valence electrons. The van der Waals surface area contributed by atoms with Crippen LogP contribution in [0.3, 0.4) is 0 Å². The number of phenols is 1. The molecule has 8 nitrogen and oxygen atoms in total. The summed E-state index contributed by atoms with van der Waals surface area (Å²) in [4.78, 5) is 39.0. The molecule has 3 aromatic rings. The summed E-state index contributed by atoms with van der Waals surface area (Å²) >= 11 is 0. The maximum Gasteiger partial charge on any atom is 0.340 e. The van der Waals surface area contributed by atoms with Gasteiger partial charge in [-0.25, -0.2) is 4.79 Å². The molecule has 5 rings (SSSR count). The lowest BCUT2D eigenvalue weighted by molar-refractivity contribution is -0.139. The van der Waals surface area contributed by atoms with E-state index in [1.54, 1.807) is 25.1 Å². The molecular formula is C25H26N2O6. The lowest BCUT2D eigenvalue weighted by atomic mass is 9.83. The Morgan fingerprint density at radius 3 is 2.76 bits per heavy atom. The molecule has 1 fully saturated rings. The third-order valence-electron chi connectivity index (χ3n) is 7.02. The number of rotatable bonds is 4. The fourth-order valence-electron chi connectivity index (χ4n) is 5.42. The van der Waals surface area contributed by atoms with Crippen molar-refractivity contribution in [3.8, 4) is 5.75 Å². The number of aryl methyl sites for hydroxylation is 1. The normalized spacial score (nSPS) is 19.9. The lowest BCUT2D eigenvalue weighted by Crippen LogP contribution is -2.46. The topological polar surface area (TPSA) is 102 Å². The summed E-state index contributed by atoms with van der Waals surface area (Å²) in [5, 5.41) is 11.4. The van der Waals surface area contributed by atoms with Gasteiger partial charge in [0.1, 0.15) is 11.3 Å². The highest BCUT2D eigenvalue weighted by molar-refractivity contribution is 5.87. The van der Waals surface area contributed by atoms with Crippen LogP contribution in [0.4, 0.5) is 0 Å². The second kappa shape index (κ2) is 8.19. The predicted octanol–water partition coefficient (Wildman–Crippen LogP) is 2.30. The van der Waals surface area contributed by atoms with E-state index >= 15 is 0 Å². The molecule has 4 heterocycles. The molecule has 0 saturated carbocycles. The van der Waals surface area contributed by atoms with Crippen LogP contribution in [0.1, 0.15) is 34.7 Å². The molecule has 2 aliphatic rings. The highest BCUT2D eigenvalue weighted by atomic mass is 16.5. The number of phenolic OH excluding ortho intramolecular Hbond substituents is 1. The molecule has 2 aromatic heterocycles. The molecule has 1 N–H and O–H groups in total. The molecule has 2 atom stereocenters. The van der Waals surface area contributed by atoms with Gasteiger partial charge in [0.15, 0.2) is 0 Å². The Morgan fingerprint density at radius 1 is 1.15 bits per heavy atom. The van der Waals surface area contributed by atoms with Gasteiger partial charge in [0.05, 0.1) is 24.7 Å². The molecular weight excluding hydrogens is 424 g/mol. The van der Waals surface area contributed by atoms with Gasteiger partial charge in [-0.15, -0.1) is 0 Å². The SMILES string of the molecule is COC(=O)Cc1c(C)c2ccc(O)c(CN3CC4CC(C3)c3cccc(=O)n3C4)c2oc1=O. The molecule has 2 unspecified atom stereocenters. The van der Waals surface area contributed by atoms with E-state index in [1.807, 2.05) is 16.7 Å². The number of fused-ring (bicyclic) bond motifs is 5. The van der Waals surface area contributed by atoms with Crippen molar-refractivity contribution in [2.45, 2.75) is 38.8 Å². The van der Waals surface area contributed by atoms with Crippen LogP contribution in [-0.4, -0.2) is 40.7 Å². The number of hydrogen-bond acceptors (Lipinski definition) is 7. The number of benzene rings is 1. The van der Waals surface area contributed by atoms with Crippen molar-refractivity contribution in [3.05, 3.63) is 73.5 Å². The van der Waals surface area contributed by atoms with Gasteiger partial charge in [-0.1, -0.05) is 6.07 Å². The number of piperidine rings is 1. The first-order valence-electron chi connectivity index (χ1n) is 11.1. The summed E-state index contributed by atoms with van der Waals surface area (Å²) in [5.74, 6) is 0.138. The molecule has 1 aromatic carbocycles. The zero-order valence-corrected chi connectivity index (χ0v) is 18.7.